The minimum Gasteiger partial charge on any atom is -0.361 e. The summed E-state index contributed by atoms with van der Waals surface area (Å²) in [5.74, 6) is -0.118. The smallest absolute Gasteiger partial charge is 0.132 e. The van der Waals surface area contributed by atoms with Gasteiger partial charge in [-0.05, 0) is 44.0 Å². The Hall–Kier alpha value is -1.35. The van der Waals surface area contributed by atoms with Gasteiger partial charge in [-0.3, -0.25) is 0 Å². The molecule has 2 nitrogen and oxygen atoms in total. The molecule has 17 heavy (non-hydrogen) atoms. The molecule has 1 aliphatic carbocycles. The predicted molar refractivity (Wildman–Crippen MR) is 67.6 cm³/mol. The second kappa shape index (κ2) is 4.15. The van der Waals surface area contributed by atoms with Crippen molar-refractivity contribution in [2.24, 2.45) is 0 Å². The van der Waals surface area contributed by atoms with Crippen molar-refractivity contribution in [1.82, 2.24) is 9.88 Å². The highest BCUT2D eigenvalue weighted by Gasteiger charge is 2.25. The molecular weight excluding hydrogens is 215 g/mol. The van der Waals surface area contributed by atoms with Gasteiger partial charge in [-0.1, -0.05) is 6.07 Å². The van der Waals surface area contributed by atoms with Gasteiger partial charge in [0.05, 0.1) is 0 Å². The summed E-state index contributed by atoms with van der Waals surface area (Å²) in [6.07, 6.45) is 5.49. The first-order valence-corrected chi connectivity index (χ1v) is 6.20. The Kier molecular flexibility index (Phi) is 2.63. The van der Waals surface area contributed by atoms with Crippen LogP contribution in [0.5, 0.6) is 0 Å². The summed E-state index contributed by atoms with van der Waals surface area (Å²) in [6.45, 7) is 1.01. The zero-order chi connectivity index (χ0) is 11.8. The van der Waals surface area contributed by atoms with E-state index in [9.17, 15) is 4.39 Å². The van der Waals surface area contributed by atoms with Crippen LogP contribution in [0.25, 0.3) is 10.9 Å². The van der Waals surface area contributed by atoms with Gasteiger partial charge in [0.1, 0.15) is 5.82 Å². The van der Waals surface area contributed by atoms with E-state index in [-0.39, 0.29) is 5.82 Å². The zero-order valence-electron chi connectivity index (χ0n) is 10.0. The first-order chi connectivity index (χ1) is 8.25. The Morgan fingerprint density at radius 1 is 1.41 bits per heavy atom. The van der Waals surface area contributed by atoms with Crippen LogP contribution in [0.1, 0.15) is 18.4 Å². The Bertz CT molecular complexity index is 528. The maximum atomic E-state index is 13.7. The summed E-state index contributed by atoms with van der Waals surface area (Å²) in [5, 5.41) is 0.761. The molecule has 0 bridgehead atoms. The maximum Gasteiger partial charge on any atom is 0.132 e. The number of halogens is 1. The second-order valence-corrected chi connectivity index (χ2v) is 4.94. The lowest BCUT2D eigenvalue weighted by Gasteiger charge is -2.14. The molecule has 3 rings (SSSR count). The fraction of sp³-hybridized carbons (Fsp3) is 0.429. The molecule has 1 saturated carbocycles. The van der Waals surface area contributed by atoms with Crippen LogP contribution in [0.3, 0.4) is 0 Å². The Morgan fingerprint density at radius 3 is 3.00 bits per heavy atom. The molecule has 0 radical (unpaired) electrons. The number of nitrogens with one attached hydrogen (secondary N) is 1. The standard InChI is InChI=1S/C14H17FN2/c1-17(11-5-6-11)8-7-10-9-16-13-4-2-3-12(15)14(10)13/h2-4,9,11,16H,5-8H2,1H3. The summed E-state index contributed by atoms with van der Waals surface area (Å²) >= 11 is 0. The number of likely N-dealkylation sites (N-methyl/N-ethyl adjacent to an activating group) is 1. The third-order valence-corrected chi connectivity index (χ3v) is 3.64. The minimum atomic E-state index is -0.118. The van der Waals surface area contributed by atoms with Crippen molar-refractivity contribution < 1.29 is 4.39 Å². The highest BCUT2D eigenvalue weighted by molar-refractivity contribution is 5.83. The summed E-state index contributed by atoms with van der Waals surface area (Å²) in [5.41, 5.74) is 1.99. The van der Waals surface area contributed by atoms with E-state index in [1.807, 2.05) is 12.3 Å². The minimum absolute atomic E-state index is 0.118. The topological polar surface area (TPSA) is 19.0 Å². The van der Waals surface area contributed by atoms with E-state index in [4.69, 9.17) is 0 Å². The first-order valence-electron chi connectivity index (χ1n) is 6.20. The normalized spacial score (nSPS) is 15.9. The summed E-state index contributed by atoms with van der Waals surface area (Å²) < 4.78 is 13.7. The average Bonchev–Trinajstić information content (AvgIpc) is 3.08. The van der Waals surface area contributed by atoms with E-state index in [0.29, 0.717) is 0 Å². The maximum absolute atomic E-state index is 13.7. The fourth-order valence-electron chi connectivity index (χ4n) is 2.40. The molecule has 1 aliphatic rings. The molecule has 0 amide bonds. The number of H-pyrrole nitrogens is 1. The quantitative estimate of drug-likeness (QED) is 0.858. The van der Waals surface area contributed by atoms with Crippen molar-refractivity contribution in [1.29, 1.82) is 0 Å². The molecule has 0 aliphatic heterocycles. The van der Waals surface area contributed by atoms with Crippen molar-refractivity contribution in [3.63, 3.8) is 0 Å². The van der Waals surface area contributed by atoms with Gasteiger partial charge in [-0.2, -0.15) is 0 Å². The van der Waals surface area contributed by atoms with E-state index in [2.05, 4.69) is 16.9 Å². The van der Waals surface area contributed by atoms with E-state index in [1.54, 1.807) is 6.07 Å². The van der Waals surface area contributed by atoms with Crippen LogP contribution in [0.15, 0.2) is 24.4 Å². The average molecular weight is 232 g/mol. The zero-order valence-corrected chi connectivity index (χ0v) is 10.0. The highest BCUT2D eigenvalue weighted by atomic mass is 19.1. The summed E-state index contributed by atoms with van der Waals surface area (Å²) in [4.78, 5) is 5.51. The third-order valence-electron chi connectivity index (χ3n) is 3.64. The van der Waals surface area contributed by atoms with Crippen molar-refractivity contribution in [3.05, 3.63) is 35.8 Å². The summed E-state index contributed by atoms with van der Waals surface area (Å²) in [6, 6.07) is 5.97. The van der Waals surface area contributed by atoms with Crippen LogP contribution in [-0.4, -0.2) is 29.5 Å². The van der Waals surface area contributed by atoms with Gasteiger partial charge in [0, 0.05) is 29.7 Å². The molecule has 1 N–H and O–H groups in total. The van der Waals surface area contributed by atoms with Crippen molar-refractivity contribution in [3.8, 4) is 0 Å². The molecule has 1 heterocycles. The lowest BCUT2D eigenvalue weighted by molar-refractivity contribution is 0.329. The van der Waals surface area contributed by atoms with Crippen LogP contribution in [0, 0.1) is 5.82 Å². The predicted octanol–water partition coefficient (Wildman–Crippen LogP) is 2.94. The molecule has 3 heteroatoms. The highest BCUT2D eigenvalue weighted by Crippen LogP contribution is 2.26. The fourth-order valence-corrected chi connectivity index (χ4v) is 2.40. The number of fused-ring (bicyclic) bond motifs is 1. The lowest BCUT2D eigenvalue weighted by Crippen LogP contribution is -2.23. The Morgan fingerprint density at radius 2 is 2.24 bits per heavy atom. The molecule has 1 aromatic heterocycles. The number of aromatic amines is 1. The molecule has 0 atom stereocenters. The van der Waals surface area contributed by atoms with Gasteiger partial charge >= 0.3 is 0 Å². The van der Waals surface area contributed by atoms with Crippen molar-refractivity contribution in [2.45, 2.75) is 25.3 Å². The van der Waals surface area contributed by atoms with Gasteiger partial charge in [-0.15, -0.1) is 0 Å². The Labute approximate surface area is 100 Å². The van der Waals surface area contributed by atoms with Gasteiger partial charge in [-0.25, -0.2) is 4.39 Å². The molecule has 1 fully saturated rings. The van der Waals surface area contributed by atoms with E-state index in [1.165, 1.54) is 18.9 Å². The van der Waals surface area contributed by atoms with Crippen LogP contribution in [0.4, 0.5) is 4.39 Å². The van der Waals surface area contributed by atoms with E-state index in [0.717, 1.165) is 35.5 Å². The molecule has 0 unspecified atom stereocenters. The molecule has 1 aromatic carbocycles. The number of hydrogen-bond acceptors (Lipinski definition) is 1. The molecule has 0 spiro atoms. The molecule has 2 aromatic rings. The number of benzene rings is 1. The van der Waals surface area contributed by atoms with Crippen LogP contribution >= 0.6 is 0 Å². The first kappa shape index (κ1) is 10.8. The molecule has 90 valence electrons. The van der Waals surface area contributed by atoms with Crippen LogP contribution in [0.2, 0.25) is 0 Å². The molecule has 0 saturated heterocycles. The van der Waals surface area contributed by atoms with E-state index >= 15 is 0 Å². The van der Waals surface area contributed by atoms with E-state index < -0.39 is 0 Å². The monoisotopic (exact) mass is 232 g/mol. The van der Waals surface area contributed by atoms with Gasteiger partial charge in [0.15, 0.2) is 0 Å². The number of hydrogen-bond donors (Lipinski definition) is 1. The van der Waals surface area contributed by atoms with Crippen molar-refractivity contribution in [2.75, 3.05) is 13.6 Å². The van der Waals surface area contributed by atoms with Crippen molar-refractivity contribution >= 4 is 10.9 Å². The second-order valence-electron chi connectivity index (χ2n) is 4.94. The third kappa shape index (κ3) is 2.07. The molecular formula is C14H17FN2. The SMILES string of the molecule is CN(CCc1c[nH]c2cccc(F)c12)C1CC1. The summed E-state index contributed by atoms with van der Waals surface area (Å²) in [7, 11) is 2.16. The Balaban J connectivity index is 1.80. The number of rotatable bonds is 4. The van der Waals surface area contributed by atoms with Crippen LogP contribution < -0.4 is 0 Å². The number of aromatic nitrogens is 1. The largest absolute Gasteiger partial charge is 0.361 e. The number of nitrogens with zero attached hydrogens (tertiary/aromatic N) is 1. The lowest BCUT2D eigenvalue weighted by atomic mass is 10.1. The van der Waals surface area contributed by atoms with Gasteiger partial charge in [0.25, 0.3) is 0 Å². The van der Waals surface area contributed by atoms with Gasteiger partial charge in [0.2, 0.25) is 0 Å². The van der Waals surface area contributed by atoms with Crippen LogP contribution in [-0.2, 0) is 6.42 Å². The van der Waals surface area contributed by atoms with Gasteiger partial charge < -0.3 is 9.88 Å².